The second-order valence-electron chi connectivity index (χ2n) is 13.6. The minimum Gasteiger partial charge on any atom is -0.368 e. The molecule has 4 fully saturated rings. The van der Waals surface area contributed by atoms with Crippen molar-refractivity contribution in [2.75, 3.05) is 6.54 Å². The third-order valence-corrected chi connectivity index (χ3v) is 9.37. The van der Waals surface area contributed by atoms with Crippen LogP contribution in [0.25, 0.3) is 0 Å². The summed E-state index contributed by atoms with van der Waals surface area (Å²) < 4.78 is 0. The van der Waals surface area contributed by atoms with E-state index in [1.807, 2.05) is 20.8 Å². The molecule has 216 valence electrons. The molecule has 1 aromatic rings. The molecule has 12 heteroatoms. The van der Waals surface area contributed by atoms with Gasteiger partial charge in [0.1, 0.15) is 23.8 Å². The van der Waals surface area contributed by atoms with Gasteiger partial charge >= 0.3 is 0 Å². The van der Waals surface area contributed by atoms with E-state index in [1.165, 1.54) is 23.5 Å². The zero-order valence-electron chi connectivity index (χ0n) is 23.7. The first-order valence-corrected chi connectivity index (χ1v) is 13.9. The molecule has 2 aliphatic carbocycles. The average Bonchev–Trinajstić information content (AvgIpc) is 3.60. The predicted molar refractivity (Wildman–Crippen MR) is 143 cm³/mol. The number of hydrogen-bond donors (Lipinski definition) is 4. The summed E-state index contributed by atoms with van der Waals surface area (Å²) >= 11 is 0. The van der Waals surface area contributed by atoms with E-state index in [0.29, 0.717) is 13.0 Å². The average molecular weight is 554 g/mol. The van der Waals surface area contributed by atoms with Gasteiger partial charge in [-0.25, -0.2) is 4.98 Å². The number of nitrogens with one attached hydrogen (secondary N) is 3. The molecule has 5 amide bonds. The van der Waals surface area contributed by atoms with Crippen molar-refractivity contribution in [2.24, 2.45) is 34.3 Å². The van der Waals surface area contributed by atoms with Crippen molar-refractivity contribution >= 4 is 29.5 Å². The monoisotopic (exact) mass is 553 g/mol. The van der Waals surface area contributed by atoms with Crippen LogP contribution >= 0.6 is 0 Å². The standard InChI is InChI=1S/C28H39N7O5/c1-26(2,3)20(33-23(38)17-12-30-8-9-31-17)25(40)35-13-15-18(27(15,4)5)19(35)24(39)32-16(21(29)36)10-14-11-28(6-7-28)34-22(14)37/h8-9,12,14-16,18-20H,6-7,10-11,13H2,1-5H3,(H2,29,36)(H,32,39)(H,33,38)(H,34,37)/t14-,15+,16+,18+,19+,20-/m1/s1. The quantitative estimate of drug-likeness (QED) is 0.354. The van der Waals surface area contributed by atoms with Crippen LogP contribution in [0, 0.1) is 28.6 Å². The van der Waals surface area contributed by atoms with Crippen molar-refractivity contribution < 1.29 is 24.0 Å². The Morgan fingerprint density at radius 3 is 2.42 bits per heavy atom. The number of primary amides is 1. The van der Waals surface area contributed by atoms with Gasteiger partial charge in [-0.15, -0.1) is 0 Å². The first-order chi connectivity index (χ1) is 18.6. The number of amides is 5. The van der Waals surface area contributed by atoms with Crippen molar-refractivity contribution in [1.82, 2.24) is 30.8 Å². The molecule has 0 aromatic carbocycles. The highest BCUT2D eigenvalue weighted by Crippen LogP contribution is 2.65. The maximum Gasteiger partial charge on any atom is 0.272 e. The summed E-state index contributed by atoms with van der Waals surface area (Å²) in [5.41, 5.74) is 4.75. The van der Waals surface area contributed by atoms with Gasteiger partial charge in [0.05, 0.1) is 6.20 Å². The minimum atomic E-state index is -1.04. The number of rotatable bonds is 8. The molecule has 2 saturated carbocycles. The van der Waals surface area contributed by atoms with Gasteiger partial charge in [0.15, 0.2) is 0 Å². The van der Waals surface area contributed by atoms with Crippen LogP contribution in [0.1, 0.15) is 70.8 Å². The third kappa shape index (κ3) is 5.03. The predicted octanol–water partition coefficient (Wildman–Crippen LogP) is 0.133. The Morgan fingerprint density at radius 2 is 1.88 bits per heavy atom. The van der Waals surface area contributed by atoms with Gasteiger partial charge in [0.25, 0.3) is 5.91 Å². The van der Waals surface area contributed by atoms with E-state index in [-0.39, 0.29) is 46.7 Å². The van der Waals surface area contributed by atoms with E-state index >= 15 is 0 Å². The van der Waals surface area contributed by atoms with Crippen LogP contribution in [0.15, 0.2) is 18.6 Å². The topological polar surface area (TPSA) is 176 Å². The summed E-state index contributed by atoms with van der Waals surface area (Å²) in [6.07, 6.45) is 6.75. The Labute approximate surface area is 233 Å². The van der Waals surface area contributed by atoms with E-state index in [2.05, 4.69) is 39.8 Å². The second kappa shape index (κ2) is 9.52. The molecule has 12 nitrogen and oxygen atoms in total. The Hall–Kier alpha value is -3.57. The van der Waals surface area contributed by atoms with Gasteiger partial charge in [-0.2, -0.15) is 0 Å². The van der Waals surface area contributed by atoms with Crippen LogP contribution in [-0.2, 0) is 19.2 Å². The van der Waals surface area contributed by atoms with Crippen molar-refractivity contribution in [3.05, 3.63) is 24.3 Å². The summed E-state index contributed by atoms with van der Waals surface area (Å²) in [6, 6.07) is -2.81. The maximum absolute atomic E-state index is 14.0. The number of carbonyl (C=O) groups excluding carboxylic acids is 5. The summed E-state index contributed by atoms with van der Waals surface area (Å²) in [4.78, 5) is 75.1. The molecule has 1 spiro atoms. The first-order valence-electron chi connectivity index (χ1n) is 13.9. The number of nitrogens with zero attached hydrogens (tertiary/aromatic N) is 3. The third-order valence-electron chi connectivity index (χ3n) is 9.37. The van der Waals surface area contributed by atoms with Gasteiger partial charge < -0.3 is 26.6 Å². The number of carbonyl (C=O) groups is 5. The highest BCUT2D eigenvalue weighted by Gasteiger charge is 2.70. The normalized spacial score (nSPS) is 28.7. The van der Waals surface area contributed by atoms with E-state index in [0.717, 1.165) is 12.8 Å². The number of piperidine rings is 1. The van der Waals surface area contributed by atoms with E-state index in [9.17, 15) is 24.0 Å². The lowest BCUT2D eigenvalue weighted by Crippen LogP contribution is -2.60. The van der Waals surface area contributed by atoms with Gasteiger partial charge in [0.2, 0.25) is 23.6 Å². The first kappa shape index (κ1) is 28.0. The number of fused-ring (bicyclic) bond motifs is 1. The maximum atomic E-state index is 14.0. The molecule has 0 radical (unpaired) electrons. The van der Waals surface area contributed by atoms with Crippen molar-refractivity contribution in [1.29, 1.82) is 0 Å². The molecule has 1 aromatic heterocycles. The van der Waals surface area contributed by atoms with Crippen LogP contribution in [0.4, 0.5) is 0 Å². The van der Waals surface area contributed by atoms with Crippen LogP contribution < -0.4 is 21.7 Å². The summed E-state index contributed by atoms with van der Waals surface area (Å²) in [7, 11) is 0. The van der Waals surface area contributed by atoms with Gasteiger partial charge in [-0.05, 0) is 48.3 Å². The molecule has 2 saturated heterocycles. The molecule has 5 N–H and O–H groups in total. The molecule has 5 rings (SSSR count). The van der Waals surface area contributed by atoms with Gasteiger partial charge in [0, 0.05) is 30.4 Å². The fourth-order valence-corrected chi connectivity index (χ4v) is 6.69. The molecule has 0 bridgehead atoms. The lowest BCUT2D eigenvalue weighted by molar-refractivity contribution is -0.144. The molecule has 40 heavy (non-hydrogen) atoms. The Bertz CT molecular complexity index is 1240. The van der Waals surface area contributed by atoms with E-state index in [1.54, 1.807) is 0 Å². The highest BCUT2D eigenvalue weighted by molar-refractivity contribution is 5.98. The van der Waals surface area contributed by atoms with Crippen LogP contribution in [0.2, 0.25) is 0 Å². The SMILES string of the molecule is CC(C)(C)[C@H](NC(=O)c1cnccn1)C(=O)N1C[C@H]2[C@@H]([C@H]1C(=O)N[C@@H](C[C@@H]1CC3(CC3)NC1=O)C(N)=O)C2(C)C. The highest BCUT2D eigenvalue weighted by atomic mass is 16.2. The van der Waals surface area contributed by atoms with E-state index < -0.39 is 47.2 Å². The molecule has 2 aliphatic heterocycles. The molecule has 6 atom stereocenters. The molecular weight excluding hydrogens is 514 g/mol. The fourth-order valence-electron chi connectivity index (χ4n) is 6.69. The summed E-state index contributed by atoms with van der Waals surface area (Å²) in [5.74, 6) is -2.64. The lowest BCUT2D eigenvalue weighted by Gasteiger charge is -2.37. The van der Waals surface area contributed by atoms with Gasteiger partial charge in [-0.1, -0.05) is 34.6 Å². The minimum absolute atomic E-state index is 0.0810. The van der Waals surface area contributed by atoms with E-state index in [4.69, 9.17) is 5.73 Å². The summed E-state index contributed by atoms with van der Waals surface area (Å²) in [6.45, 7) is 9.99. The van der Waals surface area contributed by atoms with Gasteiger partial charge in [-0.3, -0.25) is 29.0 Å². The zero-order valence-corrected chi connectivity index (χ0v) is 23.7. The smallest absolute Gasteiger partial charge is 0.272 e. The number of likely N-dealkylation sites (tertiary alicyclic amines) is 1. The Kier molecular flexibility index (Phi) is 6.66. The zero-order chi connectivity index (χ0) is 29.2. The molecular formula is C28H39N7O5. The fraction of sp³-hybridized carbons (Fsp3) is 0.679. The molecule has 4 aliphatic rings. The Balaban J connectivity index is 1.34. The van der Waals surface area contributed by atoms with Crippen molar-refractivity contribution in [3.63, 3.8) is 0 Å². The molecule has 0 unspecified atom stereocenters. The van der Waals surface area contributed by atoms with Crippen molar-refractivity contribution in [2.45, 2.75) is 84.0 Å². The number of aromatic nitrogens is 2. The largest absolute Gasteiger partial charge is 0.368 e. The van der Waals surface area contributed by atoms with Crippen LogP contribution in [0.5, 0.6) is 0 Å². The summed E-state index contributed by atoms with van der Waals surface area (Å²) in [5, 5.41) is 8.60. The second-order valence-corrected chi connectivity index (χ2v) is 13.6. The van der Waals surface area contributed by atoms with Crippen LogP contribution in [0.3, 0.4) is 0 Å². The number of nitrogens with two attached hydrogens (primary N) is 1. The lowest BCUT2D eigenvalue weighted by atomic mass is 9.85. The Morgan fingerprint density at radius 1 is 1.18 bits per heavy atom. The van der Waals surface area contributed by atoms with Crippen LogP contribution in [-0.4, -0.2) is 74.6 Å². The number of hydrogen-bond acceptors (Lipinski definition) is 7. The van der Waals surface area contributed by atoms with Crippen molar-refractivity contribution in [3.8, 4) is 0 Å². The molecule has 3 heterocycles.